The zero-order valence-electron chi connectivity index (χ0n) is 9.78. The number of amides is 1. The third-order valence-corrected chi connectivity index (χ3v) is 2.45. The predicted molar refractivity (Wildman–Crippen MR) is 66.0 cm³/mol. The van der Waals surface area contributed by atoms with Gasteiger partial charge in [0.2, 0.25) is 0 Å². The molecule has 2 rings (SSSR count). The molecule has 0 saturated carbocycles. The van der Waals surface area contributed by atoms with Crippen LogP contribution in [0.2, 0.25) is 0 Å². The van der Waals surface area contributed by atoms with Crippen molar-refractivity contribution in [3.63, 3.8) is 0 Å². The number of phenolic OH excluding ortho intramolecular Hbond substituents is 1. The Bertz CT molecular complexity index is 578. The molecule has 98 valence electrons. The van der Waals surface area contributed by atoms with Crippen molar-refractivity contribution in [1.82, 2.24) is 10.2 Å². The number of carboxylic acid groups (broad SMARTS) is 1. The summed E-state index contributed by atoms with van der Waals surface area (Å²) in [6.45, 7) is -0.477. The minimum atomic E-state index is -1.13. The van der Waals surface area contributed by atoms with Crippen molar-refractivity contribution < 1.29 is 19.8 Å². The Balaban J connectivity index is 2.33. The molecule has 19 heavy (non-hydrogen) atoms. The molecule has 0 spiro atoms. The minimum absolute atomic E-state index is 0.0368. The monoisotopic (exact) mass is 261 g/mol. The molecule has 1 amide bonds. The van der Waals surface area contributed by atoms with Gasteiger partial charge in [0, 0.05) is 11.9 Å². The lowest BCUT2D eigenvalue weighted by atomic mass is 10.2. The Morgan fingerprint density at radius 1 is 1.26 bits per heavy atom. The molecule has 0 aliphatic carbocycles. The van der Waals surface area contributed by atoms with Crippen LogP contribution >= 0.6 is 0 Å². The van der Waals surface area contributed by atoms with E-state index in [-0.39, 0.29) is 11.3 Å². The average Bonchev–Trinajstić information content (AvgIpc) is 2.90. The summed E-state index contributed by atoms with van der Waals surface area (Å²) in [4.78, 5) is 24.1. The summed E-state index contributed by atoms with van der Waals surface area (Å²) in [5.41, 5.74) is 0.640. The molecule has 0 fully saturated rings. The molecular formula is C12H11N3O4. The fraction of sp³-hybridized carbons (Fsp3) is 0.0833. The molecule has 1 aromatic carbocycles. The van der Waals surface area contributed by atoms with Crippen LogP contribution in [0.1, 0.15) is 10.4 Å². The third kappa shape index (κ3) is 2.89. The topological polar surface area (TPSA) is 107 Å². The van der Waals surface area contributed by atoms with E-state index in [9.17, 15) is 14.7 Å². The molecule has 1 aromatic heterocycles. The van der Waals surface area contributed by atoms with E-state index in [0.29, 0.717) is 5.69 Å². The first-order valence-electron chi connectivity index (χ1n) is 5.39. The van der Waals surface area contributed by atoms with Gasteiger partial charge in [-0.25, -0.2) is 0 Å². The molecule has 7 heteroatoms. The molecule has 0 radical (unpaired) electrons. The molecule has 0 unspecified atom stereocenters. The van der Waals surface area contributed by atoms with Crippen LogP contribution in [0.3, 0.4) is 0 Å². The lowest BCUT2D eigenvalue weighted by Crippen LogP contribution is -2.35. The number of H-pyrrole nitrogens is 1. The van der Waals surface area contributed by atoms with Gasteiger partial charge >= 0.3 is 5.97 Å². The van der Waals surface area contributed by atoms with Crippen molar-refractivity contribution in [2.45, 2.75) is 0 Å². The number of hydrogen-bond donors (Lipinski definition) is 3. The van der Waals surface area contributed by atoms with Gasteiger partial charge in [0.05, 0.1) is 11.8 Å². The smallest absolute Gasteiger partial charge is 0.323 e. The second-order valence-electron chi connectivity index (χ2n) is 3.79. The van der Waals surface area contributed by atoms with E-state index in [1.54, 1.807) is 0 Å². The van der Waals surface area contributed by atoms with Gasteiger partial charge < -0.3 is 10.2 Å². The predicted octanol–water partition coefficient (Wildman–Crippen LogP) is 0.847. The van der Waals surface area contributed by atoms with Gasteiger partial charge in [-0.1, -0.05) is 0 Å². The second-order valence-corrected chi connectivity index (χ2v) is 3.79. The molecule has 2 aromatic rings. The highest BCUT2D eigenvalue weighted by Crippen LogP contribution is 2.20. The first-order valence-corrected chi connectivity index (χ1v) is 5.39. The summed E-state index contributed by atoms with van der Waals surface area (Å²) in [7, 11) is 0. The highest BCUT2D eigenvalue weighted by molar-refractivity contribution is 6.07. The summed E-state index contributed by atoms with van der Waals surface area (Å²) in [5.74, 6) is -1.58. The molecule has 0 bridgehead atoms. The van der Waals surface area contributed by atoms with Crippen LogP contribution in [0.5, 0.6) is 5.75 Å². The van der Waals surface area contributed by atoms with Gasteiger partial charge in [-0.2, -0.15) is 5.10 Å². The van der Waals surface area contributed by atoms with Crippen molar-refractivity contribution in [3.05, 3.63) is 42.2 Å². The lowest BCUT2D eigenvalue weighted by Gasteiger charge is -2.20. The van der Waals surface area contributed by atoms with Crippen LogP contribution in [0.15, 0.2) is 36.7 Å². The zero-order valence-corrected chi connectivity index (χ0v) is 9.78. The number of nitrogens with one attached hydrogen (secondary N) is 1. The van der Waals surface area contributed by atoms with Crippen LogP contribution in [0.4, 0.5) is 5.69 Å². The SMILES string of the molecule is O=C(O)CN(C(=O)c1cn[nH]c1)c1ccc(O)cc1. The summed E-state index contributed by atoms with van der Waals surface area (Å²) >= 11 is 0. The first-order chi connectivity index (χ1) is 9.08. The van der Waals surface area contributed by atoms with Crippen molar-refractivity contribution >= 4 is 17.6 Å². The van der Waals surface area contributed by atoms with Crippen molar-refractivity contribution in [1.29, 1.82) is 0 Å². The van der Waals surface area contributed by atoms with Gasteiger partial charge in [-0.3, -0.25) is 19.6 Å². The lowest BCUT2D eigenvalue weighted by molar-refractivity contribution is -0.135. The maximum Gasteiger partial charge on any atom is 0.323 e. The fourth-order valence-electron chi connectivity index (χ4n) is 1.57. The molecule has 0 aliphatic heterocycles. The van der Waals surface area contributed by atoms with Crippen LogP contribution < -0.4 is 4.90 Å². The Morgan fingerprint density at radius 2 is 1.95 bits per heavy atom. The minimum Gasteiger partial charge on any atom is -0.508 e. The van der Waals surface area contributed by atoms with E-state index in [1.165, 1.54) is 36.7 Å². The number of nitrogens with zero attached hydrogens (tertiary/aromatic N) is 2. The van der Waals surface area contributed by atoms with Crippen molar-refractivity contribution in [2.24, 2.45) is 0 Å². The molecular weight excluding hydrogens is 250 g/mol. The second kappa shape index (κ2) is 5.21. The van der Waals surface area contributed by atoms with E-state index < -0.39 is 18.4 Å². The molecule has 0 aliphatic rings. The number of anilines is 1. The summed E-state index contributed by atoms with van der Waals surface area (Å²) in [6, 6.07) is 5.70. The van der Waals surface area contributed by atoms with Crippen molar-refractivity contribution in [3.8, 4) is 5.75 Å². The zero-order chi connectivity index (χ0) is 13.8. The van der Waals surface area contributed by atoms with Gasteiger partial charge in [-0.05, 0) is 24.3 Å². The maximum absolute atomic E-state index is 12.2. The fourth-order valence-corrected chi connectivity index (χ4v) is 1.57. The number of carbonyl (C=O) groups excluding carboxylic acids is 1. The quantitative estimate of drug-likeness (QED) is 0.756. The Labute approximate surface area is 108 Å². The summed E-state index contributed by atoms with van der Waals surface area (Å²) in [6.07, 6.45) is 2.70. The number of carboxylic acids is 1. The standard InChI is InChI=1S/C12H11N3O4/c16-10-3-1-9(2-4-10)15(7-11(17)18)12(19)8-5-13-14-6-8/h1-6,16H,7H2,(H,13,14)(H,17,18). The van der Waals surface area contributed by atoms with Crippen LogP contribution in [0, 0.1) is 0 Å². The number of rotatable bonds is 4. The van der Waals surface area contributed by atoms with Gasteiger partial charge in [0.1, 0.15) is 12.3 Å². The largest absolute Gasteiger partial charge is 0.508 e. The summed E-state index contributed by atoms with van der Waals surface area (Å²) in [5, 5.41) is 24.2. The van der Waals surface area contributed by atoms with Crippen molar-refractivity contribution in [2.75, 3.05) is 11.4 Å². The first kappa shape index (κ1) is 12.6. The normalized spacial score (nSPS) is 10.1. The van der Waals surface area contributed by atoms with E-state index in [2.05, 4.69) is 10.2 Å². The van der Waals surface area contributed by atoms with E-state index >= 15 is 0 Å². The number of aliphatic carboxylic acids is 1. The van der Waals surface area contributed by atoms with Gasteiger partial charge in [0.25, 0.3) is 5.91 Å². The number of aromatic nitrogens is 2. The van der Waals surface area contributed by atoms with Crippen LogP contribution in [0.25, 0.3) is 0 Å². The maximum atomic E-state index is 12.2. The number of aromatic amines is 1. The molecule has 3 N–H and O–H groups in total. The Kier molecular flexibility index (Phi) is 3.46. The van der Waals surface area contributed by atoms with Gasteiger partial charge in [0.15, 0.2) is 0 Å². The average molecular weight is 261 g/mol. The third-order valence-electron chi connectivity index (χ3n) is 2.45. The van der Waals surface area contributed by atoms with E-state index in [0.717, 1.165) is 4.90 Å². The number of carbonyl (C=O) groups is 2. The summed E-state index contributed by atoms with van der Waals surface area (Å²) < 4.78 is 0. The van der Waals surface area contributed by atoms with E-state index in [1.807, 2.05) is 0 Å². The number of aromatic hydroxyl groups is 1. The van der Waals surface area contributed by atoms with E-state index in [4.69, 9.17) is 5.11 Å². The van der Waals surface area contributed by atoms with Crippen LogP contribution in [-0.4, -0.2) is 38.8 Å². The number of benzene rings is 1. The molecule has 0 saturated heterocycles. The van der Waals surface area contributed by atoms with Crippen LogP contribution in [-0.2, 0) is 4.79 Å². The molecule has 1 heterocycles. The molecule has 7 nitrogen and oxygen atoms in total. The Morgan fingerprint density at radius 3 is 2.47 bits per heavy atom. The number of hydrogen-bond acceptors (Lipinski definition) is 4. The number of phenols is 1. The Hall–Kier alpha value is -2.83. The highest BCUT2D eigenvalue weighted by atomic mass is 16.4. The highest BCUT2D eigenvalue weighted by Gasteiger charge is 2.21. The van der Waals surface area contributed by atoms with Gasteiger partial charge in [-0.15, -0.1) is 0 Å². The molecule has 0 atom stereocenters.